The minimum absolute atomic E-state index is 0.148. The zero-order chi connectivity index (χ0) is 14.0. The Morgan fingerprint density at radius 2 is 1.79 bits per heavy atom. The van der Waals surface area contributed by atoms with Gasteiger partial charge < -0.3 is 5.32 Å². The van der Waals surface area contributed by atoms with Crippen molar-refractivity contribution in [1.82, 2.24) is 0 Å². The van der Waals surface area contributed by atoms with Crippen LogP contribution in [0.3, 0.4) is 0 Å². The first-order chi connectivity index (χ1) is 8.99. The molecular weight excluding hydrogens is 338 g/mol. The third-order valence-electron chi connectivity index (χ3n) is 2.30. The van der Waals surface area contributed by atoms with Gasteiger partial charge in [0.15, 0.2) is 0 Å². The van der Waals surface area contributed by atoms with Crippen LogP contribution < -0.4 is 5.32 Å². The number of rotatable bonds is 2. The number of hydrogen-bond donors (Lipinski definition) is 1. The van der Waals surface area contributed by atoms with Crippen molar-refractivity contribution in [1.29, 1.82) is 5.26 Å². The van der Waals surface area contributed by atoms with E-state index in [1.165, 1.54) is 18.2 Å². The van der Waals surface area contributed by atoms with E-state index in [1.54, 1.807) is 0 Å². The van der Waals surface area contributed by atoms with E-state index in [2.05, 4.69) is 21.2 Å². The minimum Gasteiger partial charge on any atom is -0.353 e. The standard InChI is InChI=1S/C13H6BrClF2N2/c14-11-4-9(17)5-12(15)13(11)19-10-2-7(6-18)1-8(16)3-10/h1-5,19H. The highest BCUT2D eigenvalue weighted by Gasteiger charge is 2.09. The molecule has 0 fully saturated rings. The van der Waals surface area contributed by atoms with Gasteiger partial charge >= 0.3 is 0 Å². The van der Waals surface area contributed by atoms with Crippen LogP contribution in [0.25, 0.3) is 0 Å². The highest BCUT2D eigenvalue weighted by molar-refractivity contribution is 9.10. The molecular formula is C13H6BrClF2N2. The van der Waals surface area contributed by atoms with Gasteiger partial charge in [-0.2, -0.15) is 5.26 Å². The quantitative estimate of drug-likeness (QED) is 0.833. The Hall–Kier alpha value is -1.64. The summed E-state index contributed by atoms with van der Waals surface area (Å²) in [5.41, 5.74) is 0.931. The lowest BCUT2D eigenvalue weighted by Crippen LogP contribution is -1.95. The fraction of sp³-hybridized carbons (Fsp3) is 0. The summed E-state index contributed by atoms with van der Waals surface area (Å²) in [5, 5.41) is 11.8. The SMILES string of the molecule is N#Cc1cc(F)cc(Nc2c(Cl)cc(F)cc2Br)c1. The topological polar surface area (TPSA) is 35.8 Å². The molecule has 0 aliphatic heterocycles. The zero-order valence-corrected chi connectivity index (χ0v) is 11.7. The van der Waals surface area contributed by atoms with Crippen molar-refractivity contribution in [2.45, 2.75) is 0 Å². The predicted octanol–water partition coefficient (Wildman–Crippen LogP) is 5.00. The van der Waals surface area contributed by atoms with Gasteiger partial charge in [0.1, 0.15) is 11.6 Å². The lowest BCUT2D eigenvalue weighted by molar-refractivity contribution is 0.626. The van der Waals surface area contributed by atoms with Crippen molar-refractivity contribution in [3.63, 3.8) is 0 Å². The van der Waals surface area contributed by atoms with Gasteiger partial charge in [0.25, 0.3) is 0 Å². The second-order valence-electron chi connectivity index (χ2n) is 3.71. The Morgan fingerprint density at radius 1 is 1.11 bits per heavy atom. The van der Waals surface area contributed by atoms with Gasteiger partial charge in [-0.15, -0.1) is 0 Å². The molecule has 2 aromatic rings. The highest BCUT2D eigenvalue weighted by atomic mass is 79.9. The van der Waals surface area contributed by atoms with Crippen LogP contribution in [0.1, 0.15) is 5.56 Å². The summed E-state index contributed by atoms with van der Waals surface area (Å²) in [6.07, 6.45) is 0. The maximum atomic E-state index is 13.3. The van der Waals surface area contributed by atoms with Gasteiger partial charge in [0.2, 0.25) is 0 Å². The van der Waals surface area contributed by atoms with Gasteiger partial charge in [-0.3, -0.25) is 0 Å². The van der Waals surface area contributed by atoms with Crippen molar-refractivity contribution in [3.05, 3.63) is 57.0 Å². The van der Waals surface area contributed by atoms with Crippen molar-refractivity contribution in [2.75, 3.05) is 5.32 Å². The summed E-state index contributed by atoms with van der Waals surface area (Å²) in [7, 11) is 0. The van der Waals surface area contributed by atoms with Gasteiger partial charge in [0.05, 0.1) is 22.3 Å². The molecule has 2 rings (SSSR count). The van der Waals surface area contributed by atoms with E-state index < -0.39 is 11.6 Å². The van der Waals surface area contributed by atoms with Crippen LogP contribution in [0.15, 0.2) is 34.8 Å². The molecule has 0 bridgehead atoms. The first-order valence-electron chi connectivity index (χ1n) is 5.12. The first kappa shape index (κ1) is 13.8. The number of benzene rings is 2. The molecule has 0 aliphatic carbocycles. The molecule has 0 aliphatic rings. The number of nitrogens with zero attached hydrogens (tertiary/aromatic N) is 1. The van der Waals surface area contributed by atoms with E-state index in [9.17, 15) is 8.78 Å². The molecule has 0 saturated carbocycles. The molecule has 0 radical (unpaired) electrons. The number of halogens is 4. The average molecular weight is 344 g/mol. The zero-order valence-electron chi connectivity index (χ0n) is 9.35. The number of nitrogens with one attached hydrogen (secondary N) is 1. The molecule has 0 aromatic heterocycles. The maximum Gasteiger partial charge on any atom is 0.126 e. The molecule has 1 N–H and O–H groups in total. The fourth-order valence-electron chi connectivity index (χ4n) is 1.53. The van der Waals surface area contributed by atoms with Crippen LogP contribution >= 0.6 is 27.5 Å². The third kappa shape index (κ3) is 3.22. The summed E-state index contributed by atoms with van der Waals surface area (Å²) in [6.45, 7) is 0. The van der Waals surface area contributed by atoms with Crippen LogP contribution in [-0.4, -0.2) is 0 Å². The van der Waals surface area contributed by atoms with Crippen LogP contribution in [0.5, 0.6) is 0 Å². The number of hydrogen-bond acceptors (Lipinski definition) is 2. The van der Waals surface area contributed by atoms with Crippen LogP contribution in [-0.2, 0) is 0 Å². The molecule has 0 saturated heterocycles. The molecule has 0 heterocycles. The fourth-order valence-corrected chi connectivity index (χ4v) is 2.43. The van der Waals surface area contributed by atoms with E-state index in [0.717, 1.165) is 12.1 Å². The summed E-state index contributed by atoms with van der Waals surface area (Å²) < 4.78 is 26.8. The third-order valence-corrected chi connectivity index (χ3v) is 3.23. The van der Waals surface area contributed by atoms with Gasteiger partial charge in [0, 0.05) is 10.2 Å². The predicted molar refractivity (Wildman–Crippen MR) is 73.5 cm³/mol. The van der Waals surface area contributed by atoms with Crippen LogP contribution in [0.4, 0.5) is 20.2 Å². The number of anilines is 2. The van der Waals surface area contributed by atoms with Crippen LogP contribution in [0, 0.1) is 23.0 Å². The lowest BCUT2D eigenvalue weighted by atomic mass is 10.2. The summed E-state index contributed by atoms with van der Waals surface area (Å²) in [6, 6.07) is 8.02. The molecule has 0 spiro atoms. The van der Waals surface area contributed by atoms with E-state index in [-0.39, 0.29) is 10.6 Å². The number of nitriles is 1. The molecule has 6 heteroatoms. The van der Waals surface area contributed by atoms with E-state index in [1.807, 2.05) is 6.07 Å². The second kappa shape index (κ2) is 5.55. The largest absolute Gasteiger partial charge is 0.353 e. The molecule has 2 aromatic carbocycles. The lowest BCUT2D eigenvalue weighted by Gasteiger charge is -2.11. The van der Waals surface area contributed by atoms with Gasteiger partial charge in [-0.25, -0.2) is 8.78 Å². The monoisotopic (exact) mass is 342 g/mol. The summed E-state index contributed by atoms with van der Waals surface area (Å²) in [4.78, 5) is 0. The van der Waals surface area contributed by atoms with Crippen molar-refractivity contribution in [2.24, 2.45) is 0 Å². The Bertz CT molecular complexity index is 660. The second-order valence-corrected chi connectivity index (χ2v) is 4.97. The van der Waals surface area contributed by atoms with E-state index in [0.29, 0.717) is 15.8 Å². The molecule has 0 atom stereocenters. The van der Waals surface area contributed by atoms with Gasteiger partial charge in [-0.1, -0.05) is 11.6 Å². The normalized spacial score (nSPS) is 10.1. The van der Waals surface area contributed by atoms with E-state index in [4.69, 9.17) is 16.9 Å². The molecule has 0 amide bonds. The molecule has 0 unspecified atom stereocenters. The van der Waals surface area contributed by atoms with E-state index >= 15 is 0 Å². The molecule has 19 heavy (non-hydrogen) atoms. The van der Waals surface area contributed by atoms with Crippen LogP contribution in [0.2, 0.25) is 5.02 Å². The first-order valence-corrected chi connectivity index (χ1v) is 6.29. The Kier molecular flexibility index (Phi) is 4.03. The summed E-state index contributed by atoms with van der Waals surface area (Å²) >= 11 is 9.07. The minimum atomic E-state index is -0.545. The van der Waals surface area contributed by atoms with Crippen molar-refractivity contribution in [3.8, 4) is 6.07 Å². The maximum absolute atomic E-state index is 13.3. The molecule has 96 valence electrons. The smallest absolute Gasteiger partial charge is 0.126 e. The molecule has 2 nitrogen and oxygen atoms in total. The Morgan fingerprint density at radius 3 is 2.42 bits per heavy atom. The summed E-state index contributed by atoms with van der Waals surface area (Å²) in [5.74, 6) is -1.03. The van der Waals surface area contributed by atoms with Crippen molar-refractivity contribution < 1.29 is 8.78 Å². The van der Waals surface area contributed by atoms with Crippen molar-refractivity contribution >= 4 is 38.9 Å². The average Bonchev–Trinajstić information content (AvgIpc) is 2.33. The highest BCUT2D eigenvalue weighted by Crippen LogP contribution is 2.34. The Balaban J connectivity index is 2.42. The van der Waals surface area contributed by atoms with Gasteiger partial charge in [-0.05, 0) is 46.3 Å². The Labute approximate surface area is 121 Å².